The van der Waals surface area contributed by atoms with Gasteiger partial charge in [-0.3, -0.25) is 14.4 Å². The number of benzene rings is 5. The summed E-state index contributed by atoms with van der Waals surface area (Å²) < 4.78 is 10.7. The Kier molecular flexibility index (Phi) is 38.2. The molecule has 13 heteroatoms. The molecule has 4 N–H and O–H groups in total. The number of nitrogens with one attached hydrogen (secondary N) is 2. The van der Waals surface area contributed by atoms with Crippen LogP contribution in [0.15, 0.2) is 158 Å². The number of piperidine rings is 4. The molecule has 0 radical (unpaired) electrons. The van der Waals surface area contributed by atoms with Gasteiger partial charge in [-0.2, -0.15) is 0 Å². The maximum Gasteiger partial charge on any atom is 0.246 e. The minimum Gasteiger partial charge on any atom is -0.397 e. The van der Waals surface area contributed by atoms with Crippen molar-refractivity contribution in [3.8, 4) is 0 Å². The first-order valence-electron chi connectivity index (χ1n) is 38.1. The number of nitrogens with zero attached hydrogens (tertiary/aromatic N) is 4. The molecule has 0 aromatic heterocycles. The van der Waals surface area contributed by atoms with E-state index in [4.69, 9.17) is 14.6 Å². The van der Waals surface area contributed by atoms with Crippen molar-refractivity contribution in [2.45, 2.75) is 189 Å². The summed E-state index contributed by atoms with van der Waals surface area (Å²) in [7, 11) is 0. The van der Waals surface area contributed by atoms with E-state index in [2.05, 4.69) is 64.1 Å². The zero-order valence-electron chi connectivity index (χ0n) is 62.0. The van der Waals surface area contributed by atoms with Crippen molar-refractivity contribution in [3.63, 3.8) is 0 Å². The number of epoxide rings is 2. The van der Waals surface area contributed by atoms with Crippen LogP contribution in [0.25, 0.3) is 18.2 Å². The van der Waals surface area contributed by atoms with Gasteiger partial charge in [0.05, 0.1) is 31.5 Å². The fraction of sp³-hybridized carbons (Fsp3) is 0.541. The lowest BCUT2D eigenvalue weighted by Gasteiger charge is -2.41. The molecular formula is C85H126N6O7. The highest BCUT2D eigenvalue weighted by Gasteiger charge is 2.43. The van der Waals surface area contributed by atoms with E-state index in [9.17, 15) is 19.5 Å². The zero-order valence-corrected chi connectivity index (χ0v) is 62.0. The third-order valence-corrected chi connectivity index (χ3v) is 19.8. The number of carbonyl (C=O) groups excluding carboxylic acids is 3. The standard InChI is InChI=1S/C28H35N3O2.2C16H19NO2.C13H17N.C2H6O.5C2H6/c32-26(20-30-18-14-28(15-19-30)21-29-25-9-5-4-8-24(25)28)23-12-16-31(17-13-23)27(33)11-10-22-6-2-1-3-7-22;2*18-16(7-6-13-4-2-1-3-5-13)17-10-8-14(9-11-17)15-12-19-15;1-4-8-13(9-5-1)10-14-12-7-3-2-6-11(12)13;1-2-3;5*1-2/h1-11,23,26,29,32H,12-21H2;2*1-7,14-15H,8-12H2;2-3,6-7,14H,1,4-5,8-10H2;3H,2H2,1H3;5*1-2H3/b11-10+;2*7-6+;;;;;;;/t26-;;;;;;;;;/m1........./s1. The number of amides is 3. The molecule has 1 saturated carbocycles. The molecule has 0 bridgehead atoms. The molecule has 14 rings (SSSR count). The lowest BCUT2D eigenvalue weighted by Crippen LogP contribution is -2.48. The van der Waals surface area contributed by atoms with E-state index in [0.717, 1.165) is 147 Å². The van der Waals surface area contributed by atoms with Crippen LogP contribution in [0.3, 0.4) is 0 Å². The van der Waals surface area contributed by atoms with E-state index in [1.807, 2.05) is 193 Å². The summed E-state index contributed by atoms with van der Waals surface area (Å²) in [6, 6.07) is 47.4. The Labute approximate surface area is 592 Å². The average molecular weight is 1340 g/mol. The Morgan fingerprint density at radius 1 is 0.459 bits per heavy atom. The molecule has 98 heavy (non-hydrogen) atoms. The Hall–Kier alpha value is -6.87. The van der Waals surface area contributed by atoms with Crippen molar-refractivity contribution >= 4 is 47.3 Å². The van der Waals surface area contributed by atoms with Crippen LogP contribution < -0.4 is 10.6 Å². The fourth-order valence-corrected chi connectivity index (χ4v) is 14.3. The summed E-state index contributed by atoms with van der Waals surface area (Å²) in [5.74, 6) is 1.93. The first kappa shape index (κ1) is 81.8. The number of hydrogen-bond donors (Lipinski definition) is 4. The quantitative estimate of drug-likeness (QED) is 0.0742. The Balaban J connectivity index is 0.000000232. The van der Waals surface area contributed by atoms with E-state index in [0.29, 0.717) is 29.5 Å². The van der Waals surface area contributed by atoms with Crippen molar-refractivity contribution in [2.75, 3.05) is 102 Å². The number of anilines is 2. The summed E-state index contributed by atoms with van der Waals surface area (Å²) in [5, 5.41) is 25.7. The van der Waals surface area contributed by atoms with Gasteiger partial charge in [-0.15, -0.1) is 0 Å². The number of fused-ring (bicyclic) bond motifs is 4. The molecule has 3 amide bonds. The molecule has 8 heterocycles. The summed E-state index contributed by atoms with van der Waals surface area (Å²) in [5.41, 5.74) is 9.67. The summed E-state index contributed by atoms with van der Waals surface area (Å²) >= 11 is 0. The molecule has 2 spiro atoms. The molecule has 5 aromatic rings. The highest BCUT2D eigenvalue weighted by molar-refractivity contribution is 5.93. The second-order valence-corrected chi connectivity index (χ2v) is 25.6. The van der Waals surface area contributed by atoms with Crippen molar-refractivity contribution in [3.05, 3.63) is 186 Å². The lowest BCUT2D eigenvalue weighted by molar-refractivity contribution is -0.128. The number of aliphatic hydroxyl groups is 2. The number of carbonyl (C=O) groups is 3. The number of para-hydroxylation sites is 2. The normalized spacial score (nSPS) is 20.4. The molecule has 8 aliphatic heterocycles. The number of hydrogen-bond acceptors (Lipinski definition) is 10. The molecule has 538 valence electrons. The van der Waals surface area contributed by atoms with E-state index >= 15 is 0 Å². The van der Waals surface area contributed by atoms with Crippen molar-refractivity contribution in [1.29, 1.82) is 0 Å². The van der Waals surface area contributed by atoms with Gasteiger partial charge >= 0.3 is 0 Å². The Morgan fingerprint density at radius 3 is 1.10 bits per heavy atom. The largest absolute Gasteiger partial charge is 0.397 e. The summed E-state index contributed by atoms with van der Waals surface area (Å²) in [4.78, 5) is 44.9. The third-order valence-electron chi connectivity index (χ3n) is 19.8. The molecule has 3 atom stereocenters. The maximum atomic E-state index is 12.5. The second-order valence-electron chi connectivity index (χ2n) is 25.6. The van der Waals surface area contributed by atoms with Crippen molar-refractivity contribution < 1.29 is 34.1 Å². The lowest BCUT2D eigenvalue weighted by atomic mass is 9.71. The molecule has 2 unspecified atom stereocenters. The van der Waals surface area contributed by atoms with Crippen molar-refractivity contribution in [1.82, 2.24) is 19.6 Å². The van der Waals surface area contributed by atoms with Gasteiger partial charge in [-0.1, -0.05) is 216 Å². The minimum absolute atomic E-state index is 0.0681. The zero-order chi connectivity index (χ0) is 71.0. The Morgan fingerprint density at radius 2 is 0.765 bits per heavy atom. The van der Waals surface area contributed by atoms with Crippen LogP contribution in [0.2, 0.25) is 0 Å². The van der Waals surface area contributed by atoms with Crippen molar-refractivity contribution in [2.24, 2.45) is 17.8 Å². The van der Waals surface area contributed by atoms with Gasteiger partial charge in [-0.25, -0.2) is 0 Å². The second kappa shape index (κ2) is 45.7. The Bertz CT molecular complexity index is 2940. The van der Waals surface area contributed by atoms with Crippen LogP contribution in [0.5, 0.6) is 0 Å². The maximum absolute atomic E-state index is 12.5. The number of ether oxygens (including phenoxy) is 2. The number of rotatable bonds is 11. The van der Waals surface area contributed by atoms with Gasteiger partial charge in [0.15, 0.2) is 0 Å². The molecule has 9 aliphatic rings. The fourth-order valence-electron chi connectivity index (χ4n) is 14.3. The van der Waals surface area contributed by atoms with Crippen LogP contribution in [-0.4, -0.2) is 158 Å². The minimum atomic E-state index is -0.315. The molecular weight excluding hydrogens is 1220 g/mol. The van der Waals surface area contributed by atoms with Gasteiger partial charge in [0.2, 0.25) is 17.7 Å². The summed E-state index contributed by atoms with van der Waals surface area (Å²) in [6.07, 6.45) is 26.7. The molecule has 1 aliphatic carbocycles. The van der Waals surface area contributed by atoms with E-state index in [1.54, 1.807) is 30.7 Å². The number of likely N-dealkylation sites (tertiary alicyclic amines) is 4. The third kappa shape index (κ3) is 25.7. The van der Waals surface area contributed by atoms with E-state index < -0.39 is 0 Å². The van der Waals surface area contributed by atoms with Crippen LogP contribution in [-0.2, 0) is 34.7 Å². The summed E-state index contributed by atoms with van der Waals surface area (Å²) in [6.45, 7) is 33.7. The van der Waals surface area contributed by atoms with Gasteiger partial charge in [0.1, 0.15) is 0 Å². The average Bonchev–Trinajstić information content (AvgIpc) is 1.60. The number of aliphatic hydroxyl groups excluding tert-OH is 2. The molecule has 5 aromatic carbocycles. The van der Waals surface area contributed by atoms with Crippen LogP contribution in [0.1, 0.15) is 187 Å². The first-order chi connectivity index (χ1) is 48.1. The smallest absolute Gasteiger partial charge is 0.246 e. The number of β-amino-alcohol motifs (C(OH)–C–C–N with tert-alkyl or cyclic N) is 1. The predicted octanol–water partition coefficient (Wildman–Crippen LogP) is 16.9. The van der Waals surface area contributed by atoms with E-state index in [1.165, 1.54) is 55.6 Å². The first-order valence-corrected chi connectivity index (χ1v) is 38.1. The molecule has 6 saturated heterocycles. The van der Waals surface area contributed by atoms with Gasteiger partial charge < -0.3 is 49.9 Å². The van der Waals surface area contributed by atoms with Gasteiger partial charge in [-0.05, 0) is 160 Å². The molecule has 13 nitrogen and oxygen atoms in total. The van der Waals surface area contributed by atoms with Gasteiger partial charge in [0, 0.05) is 106 Å². The topological polar surface area (TPSA) is 154 Å². The van der Waals surface area contributed by atoms with Crippen LogP contribution in [0.4, 0.5) is 11.4 Å². The highest BCUT2D eigenvalue weighted by atomic mass is 16.6. The predicted molar refractivity (Wildman–Crippen MR) is 411 cm³/mol. The SMILES string of the molecule is CC.CC.CC.CC.CC.CCO.O=C(/C=C/c1ccccc1)N1CCC(C2CO2)CC1.O=C(/C=C/c1ccccc1)N1CCC(C2CO2)CC1.O=C(/C=C/c1ccccc1)N1CCC([C@H](O)CN2CCC3(CC2)CNc2ccccc23)CC1.c1ccc2c(c1)NCC21CCCCC1. The van der Waals surface area contributed by atoms with Crippen LogP contribution in [0, 0.1) is 17.8 Å². The van der Waals surface area contributed by atoms with E-state index in [-0.39, 0.29) is 41.8 Å². The monoisotopic (exact) mass is 1340 g/mol. The molecule has 7 fully saturated rings. The van der Waals surface area contributed by atoms with Gasteiger partial charge in [0.25, 0.3) is 0 Å². The highest BCUT2D eigenvalue weighted by Crippen LogP contribution is 2.47. The van der Waals surface area contributed by atoms with Crippen LogP contribution >= 0.6 is 0 Å².